The van der Waals surface area contributed by atoms with Gasteiger partial charge in [0.15, 0.2) is 5.78 Å². The van der Waals surface area contributed by atoms with Crippen molar-refractivity contribution in [3.05, 3.63) is 12.7 Å². The summed E-state index contributed by atoms with van der Waals surface area (Å²) in [5, 5.41) is 3.38. The van der Waals surface area contributed by atoms with E-state index in [2.05, 4.69) is 18.8 Å². The van der Waals surface area contributed by atoms with Crippen molar-refractivity contribution in [2.45, 2.75) is 45.1 Å². The van der Waals surface area contributed by atoms with Crippen LogP contribution in [0.25, 0.3) is 0 Å². The second-order valence-corrected chi connectivity index (χ2v) is 5.31. The third-order valence-corrected chi connectivity index (χ3v) is 4.14. The molecule has 1 saturated carbocycles. The molecule has 1 aliphatic carbocycles. The lowest BCUT2D eigenvalue weighted by atomic mass is 9.71. The number of hydrogen-bond donors (Lipinski definition) is 1. The lowest BCUT2D eigenvalue weighted by Gasteiger charge is -2.34. The maximum absolute atomic E-state index is 12.2. The summed E-state index contributed by atoms with van der Waals surface area (Å²) in [5.74, 6) is 0.813. The summed E-state index contributed by atoms with van der Waals surface area (Å²) in [6, 6.07) is 0.0841. The van der Waals surface area contributed by atoms with Gasteiger partial charge in [-0.15, -0.1) is 6.58 Å². The smallest absolute Gasteiger partial charge is 0.153 e. The third kappa shape index (κ3) is 1.87. The molecule has 1 saturated heterocycles. The van der Waals surface area contributed by atoms with Gasteiger partial charge in [0.05, 0.1) is 6.04 Å². The summed E-state index contributed by atoms with van der Waals surface area (Å²) in [6.07, 6.45) is 7.46. The largest absolute Gasteiger partial charge is 0.307 e. The zero-order valence-corrected chi connectivity index (χ0v) is 9.59. The van der Waals surface area contributed by atoms with Gasteiger partial charge in [-0.1, -0.05) is 19.4 Å². The van der Waals surface area contributed by atoms with Crippen molar-refractivity contribution in [2.75, 3.05) is 6.54 Å². The van der Waals surface area contributed by atoms with Crippen LogP contribution in [0.3, 0.4) is 0 Å². The first-order valence-corrected chi connectivity index (χ1v) is 6.05. The van der Waals surface area contributed by atoms with E-state index in [1.54, 1.807) is 0 Å². The normalized spacial score (nSPS) is 36.2. The van der Waals surface area contributed by atoms with Gasteiger partial charge in [0.25, 0.3) is 0 Å². The molecule has 0 spiro atoms. The summed E-state index contributed by atoms with van der Waals surface area (Å²) < 4.78 is 0. The monoisotopic (exact) mass is 207 g/mol. The third-order valence-electron chi connectivity index (χ3n) is 4.14. The van der Waals surface area contributed by atoms with Crippen LogP contribution in [-0.2, 0) is 4.79 Å². The van der Waals surface area contributed by atoms with E-state index in [9.17, 15) is 4.79 Å². The minimum Gasteiger partial charge on any atom is -0.307 e. The van der Waals surface area contributed by atoms with Crippen LogP contribution in [0.1, 0.15) is 39.0 Å². The van der Waals surface area contributed by atoms with Crippen LogP contribution in [0.4, 0.5) is 0 Å². The second kappa shape index (κ2) is 4.09. The van der Waals surface area contributed by atoms with E-state index in [0.717, 1.165) is 32.2 Å². The summed E-state index contributed by atoms with van der Waals surface area (Å²) in [6.45, 7) is 7.00. The maximum Gasteiger partial charge on any atom is 0.153 e. The molecule has 0 bridgehead atoms. The summed E-state index contributed by atoms with van der Waals surface area (Å²) in [5.41, 5.74) is 0.119. The lowest BCUT2D eigenvalue weighted by Crippen LogP contribution is -2.46. The molecule has 1 N–H and O–H groups in total. The highest BCUT2D eigenvalue weighted by molar-refractivity contribution is 5.88. The van der Waals surface area contributed by atoms with Crippen molar-refractivity contribution in [2.24, 2.45) is 11.3 Å². The molecular weight excluding hydrogens is 186 g/mol. The van der Waals surface area contributed by atoms with Gasteiger partial charge in [-0.2, -0.15) is 0 Å². The van der Waals surface area contributed by atoms with E-state index >= 15 is 0 Å². The van der Waals surface area contributed by atoms with Crippen LogP contribution in [0, 0.1) is 11.3 Å². The van der Waals surface area contributed by atoms with Gasteiger partial charge in [-0.3, -0.25) is 4.79 Å². The lowest BCUT2D eigenvalue weighted by molar-refractivity contribution is -0.129. The fraction of sp³-hybridized carbons (Fsp3) is 0.769. The molecule has 0 aromatic heterocycles. The molecule has 1 aliphatic heterocycles. The topological polar surface area (TPSA) is 29.1 Å². The highest BCUT2D eigenvalue weighted by atomic mass is 16.1. The molecule has 15 heavy (non-hydrogen) atoms. The Morgan fingerprint density at radius 2 is 2.33 bits per heavy atom. The highest BCUT2D eigenvalue weighted by Gasteiger charge is 2.44. The molecule has 1 unspecified atom stereocenters. The van der Waals surface area contributed by atoms with Crippen LogP contribution in [-0.4, -0.2) is 18.4 Å². The number of ketones is 1. The molecule has 84 valence electrons. The molecular formula is C13H21NO. The van der Waals surface area contributed by atoms with Crippen molar-refractivity contribution in [1.29, 1.82) is 0 Å². The van der Waals surface area contributed by atoms with E-state index in [1.165, 1.54) is 6.42 Å². The van der Waals surface area contributed by atoms with Crippen LogP contribution in [0.15, 0.2) is 12.7 Å². The zero-order chi connectivity index (χ0) is 10.9. The number of carbonyl (C=O) groups excluding carboxylic acids is 1. The quantitative estimate of drug-likeness (QED) is 0.717. The van der Waals surface area contributed by atoms with Crippen molar-refractivity contribution in [1.82, 2.24) is 5.32 Å². The number of rotatable bonds is 4. The number of carbonyl (C=O) groups is 1. The Morgan fingerprint density at radius 1 is 1.60 bits per heavy atom. The van der Waals surface area contributed by atoms with E-state index < -0.39 is 0 Å². The van der Waals surface area contributed by atoms with Crippen molar-refractivity contribution in [3.63, 3.8) is 0 Å². The second-order valence-electron chi connectivity index (χ2n) is 5.31. The van der Waals surface area contributed by atoms with Gasteiger partial charge in [0.2, 0.25) is 0 Å². The molecule has 2 heteroatoms. The minimum atomic E-state index is 0.0841. The first-order valence-electron chi connectivity index (χ1n) is 6.05. The standard InChI is InChI=1S/C13H21NO/c1-3-7-13(2)8-9-14-12(13)11(15)10-5-4-6-10/h3,10,12,14H,1,4-9H2,2H3/t12?,13-/m1/s1. The SMILES string of the molecule is C=CC[C@]1(C)CCNC1C(=O)C1CCC1. The molecule has 0 amide bonds. The molecule has 0 aromatic carbocycles. The van der Waals surface area contributed by atoms with Crippen LogP contribution < -0.4 is 5.32 Å². The zero-order valence-electron chi connectivity index (χ0n) is 9.59. The number of allylic oxidation sites excluding steroid dienone is 1. The highest BCUT2D eigenvalue weighted by Crippen LogP contribution is 2.39. The summed E-state index contributed by atoms with van der Waals surface area (Å²) in [4.78, 5) is 12.2. The average Bonchev–Trinajstić information content (AvgIpc) is 2.44. The molecule has 2 fully saturated rings. The van der Waals surface area contributed by atoms with E-state index in [-0.39, 0.29) is 11.5 Å². The number of hydrogen-bond acceptors (Lipinski definition) is 2. The van der Waals surface area contributed by atoms with Crippen LogP contribution >= 0.6 is 0 Å². The maximum atomic E-state index is 12.2. The minimum absolute atomic E-state index is 0.0841. The first-order chi connectivity index (χ1) is 7.17. The Bertz CT molecular complexity index is 270. The van der Waals surface area contributed by atoms with Crippen LogP contribution in [0.2, 0.25) is 0 Å². The fourth-order valence-electron chi connectivity index (χ4n) is 2.81. The molecule has 2 rings (SSSR count). The summed E-state index contributed by atoms with van der Waals surface area (Å²) in [7, 11) is 0. The van der Waals surface area contributed by atoms with Gasteiger partial charge >= 0.3 is 0 Å². The molecule has 2 nitrogen and oxygen atoms in total. The van der Waals surface area contributed by atoms with Gasteiger partial charge < -0.3 is 5.32 Å². The molecule has 0 aromatic rings. The van der Waals surface area contributed by atoms with Crippen molar-refractivity contribution >= 4 is 5.78 Å². The predicted octanol–water partition coefficient (Wildman–Crippen LogP) is 2.30. The Hall–Kier alpha value is -0.630. The molecule has 0 radical (unpaired) electrons. The Balaban J connectivity index is 2.05. The average molecular weight is 207 g/mol. The van der Waals surface area contributed by atoms with E-state index in [0.29, 0.717) is 11.7 Å². The first kappa shape index (κ1) is 10.9. The predicted molar refractivity (Wildman–Crippen MR) is 61.7 cm³/mol. The molecule has 1 heterocycles. The summed E-state index contributed by atoms with van der Waals surface area (Å²) >= 11 is 0. The van der Waals surface area contributed by atoms with E-state index in [1.807, 2.05) is 6.08 Å². The number of Topliss-reactive ketones (excluding diaryl/α,β-unsaturated/α-hetero) is 1. The van der Waals surface area contributed by atoms with Crippen molar-refractivity contribution < 1.29 is 4.79 Å². The Labute approximate surface area is 92.1 Å². The van der Waals surface area contributed by atoms with E-state index in [4.69, 9.17) is 0 Å². The van der Waals surface area contributed by atoms with Gasteiger partial charge in [0, 0.05) is 5.92 Å². The van der Waals surface area contributed by atoms with Crippen molar-refractivity contribution in [3.8, 4) is 0 Å². The fourth-order valence-corrected chi connectivity index (χ4v) is 2.81. The Kier molecular flexibility index (Phi) is 2.96. The van der Waals surface area contributed by atoms with Gasteiger partial charge in [-0.25, -0.2) is 0 Å². The number of nitrogens with one attached hydrogen (secondary N) is 1. The van der Waals surface area contributed by atoms with Gasteiger partial charge in [0.1, 0.15) is 0 Å². The van der Waals surface area contributed by atoms with Crippen LogP contribution in [0.5, 0.6) is 0 Å². The Morgan fingerprint density at radius 3 is 2.87 bits per heavy atom. The van der Waals surface area contributed by atoms with Gasteiger partial charge in [-0.05, 0) is 37.6 Å². The molecule has 2 atom stereocenters. The molecule has 2 aliphatic rings.